The Labute approximate surface area is 71.9 Å². The van der Waals surface area contributed by atoms with E-state index >= 15 is 0 Å². The predicted molar refractivity (Wildman–Crippen MR) is 52.2 cm³/mol. The third-order valence-corrected chi connectivity index (χ3v) is 1.74. The number of alkyl halides is 1. The standard InChI is InChI=1S/C8H15I/c1-2-3-4-5-6-7-8-9/h6-7H,2-5,8H2,1H3/b7-6-. The molecule has 0 amide bonds. The van der Waals surface area contributed by atoms with Gasteiger partial charge in [-0.2, -0.15) is 0 Å². The summed E-state index contributed by atoms with van der Waals surface area (Å²) in [7, 11) is 0. The minimum Gasteiger partial charge on any atom is -0.0878 e. The summed E-state index contributed by atoms with van der Waals surface area (Å²) in [6, 6.07) is 0. The van der Waals surface area contributed by atoms with E-state index in [1.165, 1.54) is 25.7 Å². The number of hydrogen-bond donors (Lipinski definition) is 0. The van der Waals surface area contributed by atoms with Gasteiger partial charge in [0.1, 0.15) is 0 Å². The van der Waals surface area contributed by atoms with Crippen LogP contribution in [0.2, 0.25) is 0 Å². The monoisotopic (exact) mass is 238 g/mol. The van der Waals surface area contributed by atoms with Crippen LogP contribution in [0.3, 0.4) is 0 Å². The van der Waals surface area contributed by atoms with Crippen LogP contribution in [-0.4, -0.2) is 4.43 Å². The summed E-state index contributed by atoms with van der Waals surface area (Å²) in [4.78, 5) is 0. The lowest BCUT2D eigenvalue weighted by molar-refractivity contribution is 0.729. The van der Waals surface area contributed by atoms with Gasteiger partial charge in [-0.05, 0) is 12.8 Å². The molecule has 0 saturated heterocycles. The van der Waals surface area contributed by atoms with Crippen molar-refractivity contribution in [2.75, 3.05) is 4.43 Å². The van der Waals surface area contributed by atoms with E-state index in [1.54, 1.807) is 0 Å². The lowest BCUT2D eigenvalue weighted by Gasteiger charge is -1.89. The highest BCUT2D eigenvalue weighted by Gasteiger charge is 1.79. The molecule has 0 spiro atoms. The van der Waals surface area contributed by atoms with Gasteiger partial charge < -0.3 is 0 Å². The molecule has 0 radical (unpaired) electrons. The fraction of sp³-hybridized carbons (Fsp3) is 0.750. The molecule has 0 unspecified atom stereocenters. The van der Waals surface area contributed by atoms with E-state index < -0.39 is 0 Å². The average Bonchev–Trinajstić information content (AvgIpc) is 1.89. The average molecular weight is 238 g/mol. The van der Waals surface area contributed by atoms with Crippen molar-refractivity contribution in [2.45, 2.75) is 32.6 Å². The first-order valence-electron chi connectivity index (χ1n) is 3.62. The Kier molecular flexibility index (Phi) is 8.91. The molecule has 0 aliphatic carbocycles. The van der Waals surface area contributed by atoms with Gasteiger partial charge in [-0.15, -0.1) is 0 Å². The van der Waals surface area contributed by atoms with Gasteiger partial charge in [-0.3, -0.25) is 0 Å². The molecule has 9 heavy (non-hydrogen) atoms. The minimum absolute atomic E-state index is 1.16. The lowest BCUT2D eigenvalue weighted by atomic mass is 10.2. The summed E-state index contributed by atoms with van der Waals surface area (Å²) in [6.07, 6.45) is 9.86. The molecule has 0 atom stereocenters. The highest BCUT2D eigenvalue weighted by Crippen LogP contribution is 1.99. The summed E-state index contributed by atoms with van der Waals surface area (Å²) in [6.45, 7) is 2.24. The van der Waals surface area contributed by atoms with Crippen LogP contribution in [0.4, 0.5) is 0 Å². The smallest absolute Gasteiger partial charge is 0.0175 e. The molecule has 0 bridgehead atoms. The van der Waals surface area contributed by atoms with Crippen LogP contribution < -0.4 is 0 Å². The van der Waals surface area contributed by atoms with Gasteiger partial charge in [0.25, 0.3) is 0 Å². The maximum absolute atomic E-state index is 2.36. The minimum atomic E-state index is 1.16. The van der Waals surface area contributed by atoms with E-state index in [4.69, 9.17) is 0 Å². The van der Waals surface area contributed by atoms with Crippen molar-refractivity contribution in [3.05, 3.63) is 12.2 Å². The van der Waals surface area contributed by atoms with Crippen molar-refractivity contribution >= 4 is 22.6 Å². The van der Waals surface area contributed by atoms with Crippen molar-refractivity contribution in [1.29, 1.82) is 0 Å². The lowest BCUT2D eigenvalue weighted by Crippen LogP contribution is -1.70. The molecule has 1 heteroatoms. The molecule has 0 nitrogen and oxygen atoms in total. The molecule has 0 aromatic carbocycles. The van der Waals surface area contributed by atoms with Crippen molar-refractivity contribution in [2.24, 2.45) is 0 Å². The van der Waals surface area contributed by atoms with E-state index in [0.717, 1.165) is 4.43 Å². The SMILES string of the molecule is CCCCC/C=C\CI. The summed E-state index contributed by atoms with van der Waals surface area (Å²) < 4.78 is 1.16. The first-order valence-corrected chi connectivity index (χ1v) is 5.15. The number of hydrogen-bond acceptors (Lipinski definition) is 0. The summed E-state index contributed by atoms with van der Waals surface area (Å²) >= 11 is 2.36. The Hall–Kier alpha value is 0.470. The molecule has 0 saturated carbocycles. The van der Waals surface area contributed by atoms with Crippen LogP contribution in [0.25, 0.3) is 0 Å². The second-order valence-corrected chi connectivity index (χ2v) is 3.00. The van der Waals surface area contributed by atoms with Gasteiger partial charge >= 0.3 is 0 Å². The summed E-state index contributed by atoms with van der Waals surface area (Å²) in [5.41, 5.74) is 0. The molecular formula is C8H15I. The molecule has 54 valence electrons. The van der Waals surface area contributed by atoms with Gasteiger partial charge in [0, 0.05) is 4.43 Å². The molecule has 0 aromatic heterocycles. The van der Waals surface area contributed by atoms with E-state index in [9.17, 15) is 0 Å². The largest absolute Gasteiger partial charge is 0.0878 e. The van der Waals surface area contributed by atoms with Crippen LogP contribution in [-0.2, 0) is 0 Å². The Bertz CT molecular complexity index is 67.0. The number of rotatable bonds is 5. The third-order valence-electron chi connectivity index (χ3n) is 1.23. The van der Waals surface area contributed by atoms with E-state index in [-0.39, 0.29) is 0 Å². The molecule has 0 aliphatic rings. The number of unbranched alkanes of at least 4 members (excludes halogenated alkanes) is 3. The molecule has 0 heterocycles. The van der Waals surface area contributed by atoms with Crippen LogP contribution in [0, 0.1) is 0 Å². The van der Waals surface area contributed by atoms with Crippen LogP contribution in [0.1, 0.15) is 32.6 Å². The second kappa shape index (κ2) is 8.47. The van der Waals surface area contributed by atoms with E-state index in [1.807, 2.05) is 0 Å². The molecule has 0 rings (SSSR count). The maximum Gasteiger partial charge on any atom is 0.0175 e. The normalized spacial score (nSPS) is 10.9. The predicted octanol–water partition coefficient (Wildman–Crippen LogP) is 3.56. The van der Waals surface area contributed by atoms with Gasteiger partial charge in [-0.1, -0.05) is 54.5 Å². The Morgan fingerprint density at radius 3 is 2.56 bits per heavy atom. The molecule has 0 aliphatic heterocycles. The Morgan fingerprint density at radius 2 is 2.00 bits per heavy atom. The van der Waals surface area contributed by atoms with Gasteiger partial charge in [0.15, 0.2) is 0 Å². The van der Waals surface area contributed by atoms with E-state index in [2.05, 4.69) is 41.7 Å². The quantitative estimate of drug-likeness (QED) is 0.297. The van der Waals surface area contributed by atoms with Crippen molar-refractivity contribution in [3.8, 4) is 0 Å². The van der Waals surface area contributed by atoms with Crippen molar-refractivity contribution < 1.29 is 0 Å². The van der Waals surface area contributed by atoms with Gasteiger partial charge in [0.05, 0.1) is 0 Å². The maximum atomic E-state index is 2.36. The zero-order valence-corrected chi connectivity index (χ0v) is 8.23. The second-order valence-electron chi connectivity index (χ2n) is 2.12. The van der Waals surface area contributed by atoms with Crippen molar-refractivity contribution in [3.63, 3.8) is 0 Å². The summed E-state index contributed by atoms with van der Waals surface area (Å²) in [5, 5.41) is 0. The van der Waals surface area contributed by atoms with Crippen LogP contribution >= 0.6 is 22.6 Å². The number of halogens is 1. The highest BCUT2D eigenvalue weighted by atomic mass is 127. The van der Waals surface area contributed by atoms with E-state index in [0.29, 0.717) is 0 Å². The third kappa shape index (κ3) is 8.47. The first-order chi connectivity index (χ1) is 4.41. The Morgan fingerprint density at radius 1 is 1.22 bits per heavy atom. The summed E-state index contributed by atoms with van der Waals surface area (Å²) in [5.74, 6) is 0. The van der Waals surface area contributed by atoms with Gasteiger partial charge in [0.2, 0.25) is 0 Å². The van der Waals surface area contributed by atoms with Crippen molar-refractivity contribution in [1.82, 2.24) is 0 Å². The van der Waals surface area contributed by atoms with Crippen LogP contribution in [0.15, 0.2) is 12.2 Å². The first kappa shape index (κ1) is 9.47. The fourth-order valence-corrected chi connectivity index (χ4v) is 1.05. The molecule has 0 fully saturated rings. The molecule has 0 aromatic rings. The van der Waals surface area contributed by atoms with Gasteiger partial charge in [-0.25, -0.2) is 0 Å². The number of allylic oxidation sites excluding steroid dienone is 2. The van der Waals surface area contributed by atoms with Crippen LogP contribution in [0.5, 0.6) is 0 Å². The zero-order chi connectivity index (χ0) is 6.95. The highest BCUT2D eigenvalue weighted by molar-refractivity contribution is 14.1. The fourth-order valence-electron chi connectivity index (χ4n) is 0.693. The molecular weight excluding hydrogens is 223 g/mol. The zero-order valence-electron chi connectivity index (χ0n) is 6.07. The Balaban J connectivity index is 2.82. The topological polar surface area (TPSA) is 0 Å². The molecule has 0 N–H and O–H groups in total.